The van der Waals surface area contributed by atoms with E-state index in [2.05, 4.69) is 15.9 Å². The summed E-state index contributed by atoms with van der Waals surface area (Å²) in [4.78, 5) is 11.4. The number of benzene rings is 1. The van der Waals surface area contributed by atoms with Crippen LogP contribution in [0.4, 0.5) is 5.69 Å². The Morgan fingerprint density at radius 1 is 1.32 bits per heavy atom. The molecule has 0 amide bonds. The molecule has 3 rings (SSSR count). The summed E-state index contributed by atoms with van der Waals surface area (Å²) in [6.45, 7) is 0.588. The molecule has 6 nitrogen and oxygen atoms in total. The van der Waals surface area contributed by atoms with E-state index in [0.29, 0.717) is 17.4 Å². The fourth-order valence-electron chi connectivity index (χ4n) is 2.41. The molecule has 1 aliphatic rings. The third kappa shape index (κ3) is 2.69. The van der Waals surface area contributed by atoms with Crippen molar-refractivity contribution in [1.82, 2.24) is 4.31 Å². The largest absolute Gasteiger partial charge is 0.289 e. The van der Waals surface area contributed by atoms with Gasteiger partial charge < -0.3 is 0 Å². The van der Waals surface area contributed by atoms with E-state index in [0.717, 1.165) is 5.56 Å². The second kappa shape index (κ2) is 5.73. The molecule has 9 heteroatoms. The van der Waals surface area contributed by atoms with Crippen LogP contribution in [0.25, 0.3) is 0 Å². The standard InChI is InChI=1S/C13H11BrN2O4S2/c14-10-1-2-11(16(17)18)13(7-10)22(19,20)15-5-3-12-9(8-15)4-6-21-12/h1-2,4,6-7H,3,5,8H2. The van der Waals surface area contributed by atoms with Crippen LogP contribution in [0, 0.1) is 10.1 Å². The highest BCUT2D eigenvalue weighted by Crippen LogP contribution is 2.33. The number of hydrogen-bond acceptors (Lipinski definition) is 5. The van der Waals surface area contributed by atoms with Crippen molar-refractivity contribution in [3.8, 4) is 0 Å². The van der Waals surface area contributed by atoms with Crippen molar-refractivity contribution in [3.05, 3.63) is 54.7 Å². The van der Waals surface area contributed by atoms with Crippen LogP contribution in [0.15, 0.2) is 39.0 Å². The van der Waals surface area contributed by atoms with Crippen molar-refractivity contribution in [2.75, 3.05) is 6.54 Å². The average Bonchev–Trinajstić information content (AvgIpc) is 2.94. The first kappa shape index (κ1) is 15.6. The maximum absolute atomic E-state index is 12.8. The lowest BCUT2D eigenvalue weighted by Crippen LogP contribution is -2.35. The molecule has 1 aromatic carbocycles. The number of hydrogen-bond donors (Lipinski definition) is 0. The van der Waals surface area contributed by atoms with Crippen LogP contribution in [-0.2, 0) is 23.0 Å². The van der Waals surface area contributed by atoms with Gasteiger partial charge in [-0.2, -0.15) is 4.31 Å². The first-order valence-electron chi connectivity index (χ1n) is 6.39. The maximum Gasteiger partial charge on any atom is 0.289 e. The first-order valence-corrected chi connectivity index (χ1v) is 9.50. The van der Waals surface area contributed by atoms with Gasteiger partial charge in [0.25, 0.3) is 5.69 Å². The summed E-state index contributed by atoms with van der Waals surface area (Å²) in [7, 11) is -3.91. The molecule has 0 fully saturated rings. The number of rotatable bonds is 3. The van der Waals surface area contributed by atoms with Crippen LogP contribution in [0.2, 0.25) is 0 Å². The van der Waals surface area contributed by atoms with E-state index in [9.17, 15) is 18.5 Å². The number of sulfonamides is 1. The van der Waals surface area contributed by atoms with Crippen molar-refractivity contribution in [1.29, 1.82) is 0 Å². The second-order valence-electron chi connectivity index (χ2n) is 4.83. The van der Waals surface area contributed by atoms with Crippen LogP contribution in [0.3, 0.4) is 0 Å². The molecular formula is C13H11BrN2O4S2. The lowest BCUT2D eigenvalue weighted by Gasteiger charge is -2.26. The highest BCUT2D eigenvalue weighted by atomic mass is 79.9. The third-order valence-electron chi connectivity index (χ3n) is 3.51. The molecule has 0 saturated heterocycles. The lowest BCUT2D eigenvalue weighted by atomic mass is 10.1. The van der Waals surface area contributed by atoms with Gasteiger partial charge in [0.2, 0.25) is 10.0 Å². The molecule has 1 aliphatic heterocycles. The molecule has 0 radical (unpaired) electrons. The summed E-state index contributed by atoms with van der Waals surface area (Å²) in [5, 5.41) is 13.1. The number of nitrogens with zero attached hydrogens (tertiary/aromatic N) is 2. The zero-order valence-corrected chi connectivity index (χ0v) is 14.4. The monoisotopic (exact) mass is 402 g/mol. The fraction of sp³-hybridized carbons (Fsp3) is 0.231. The Morgan fingerprint density at radius 3 is 2.82 bits per heavy atom. The van der Waals surface area contributed by atoms with Crippen LogP contribution in [-0.4, -0.2) is 24.2 Å². The highest BCUT2D eigenvalue weighted by molar-refractivity contribution is 9.10. The molecule has 0 atom stereocenters. The average molecular weight is 403 g/mol. The van der Waals surface area contributed by atoms with E-state index < -0.39 is 20.6 Å². The van der Waals surface area contributed by atoms with Crippen molar-refractivity contribution in [3.63, 3.8) is 0 Å². The minimum atomic E-state index is -3.91. The smallest absolute Gasteiger partial charge is 0.258 e. The van der Waals surface area contributed by atoms with Crippen LogP contribution >= 0.6 is 27.3 Å². The zero-order chi connectivity index (χ0) is 15.9. The molecule has 0 spiro atoms. The quantitative estimate of drug-likeness (QED) is 0.583. The van der Waals surface area contributed by atoms with E-state index in [1.807, 2.05) is 11.4 Å². The summed E-state index contributed by atoms with van der Waals surface area (Å²) in [6, 6.07) is 5.86. The van der Waals surface area contributed by atoms with Gasteiger partial charge in [-0.3, -0.25) is 10.1 Å². The van der Waals surface area contributed by atoms with Gasteiger partial charge in [-0.25, -0.2) is 8.42 Å². The van der Waals surface area contributed by atoms with Crippen LogP contribution in [0.1, 0.15) is 10.4 Å². The van der Waals surface area contributed by atoms with E-state index in [4.69, 9.17) is 0 Å². The van der Waals surface area contributed by atoms with Gasteiger partial charge in [-0.15, -0.1) is 11.3 Å². The molecule has 0 unspecified atom stereocenters. The molecular weight excluding hydrogens is 392 g/mol. The molecule has 2 aromatic rings. The Morgan fingerprint density at radius 2 is 2.09 bits per heavy atom. The van der Waals surface area contributed by atoms with Gasteiger partial charge in [0, 0.05) is 28.5 Å². The van der Waals surface area contributed by atoms with Gasteiger partial charge in [-0.1, -0.05) is 15.9 Å². The summed E-state index contributed by atoms with van der Waals surface area (Å²) in [5.74, 6) is 0. The molecule has 22 heavy (non-hydrogen) atoms. The van der Waals surface area contributed by atoms with E-state index in [-0.39, 0.29) is 11.4 Å². The maximum atomic E-state index is 12.8. The predicted octanol–water partition coefficient (Wildman–Crippen LogP) is 3.17. The van der Waals surface area contributed by atoms with E-state index in [1.54, 1.807) is 11.3 Å². The van der Waals surface area contributed by atoms with E-state index in [1.165, 1.54) is 27.4 Å². The second-order valence-corrected chi connectivity index (χ2v) is 8.65. The van der Waals surface area contributed by atoms with Crippen molar-refractivity contribution in [2.45, 2.75) is 17.9 Å². The SMILES string of the molecule is O=[N+]([O-])c1ccc(Br)cc1S(=O)(=O)N1CCc2sccc2C1. The van der Waals surface area contributed by atoms with Gasteiger partial charge in [0.15, 0.2) is 4.90 Å². The molecule has 0 aliphatic carbocycles. The molecule has 0 N–H and O–H groups in total. The minimum Gasteiger partial charge on any atom is -0.258 e. The molecule has 1 aromatic heterocycles. The van der Waals surface area contributed by atoms with Crippen LogP contribution in [0.5, 0.6) is 0 Å². The summed E-state index contributed by atoms with van der Waals surface area (Å²) < 4.78 is 27.4. The molecule has 116 valence electrons. The third-order valence-corrected chi connectivity index (χ3v) is 6.90. The van der Waals surface area contributed by atoms with Crippen molar-refractivity contribution in [2.24, 2.45) is 0 Å². The summed E-state index contributed by atoms with van der Waals surface area (Å²) in [6.07, 6.45) is 0.633. The van der Waals surface area contributed by atoms with E-state index >= 15 is 0 Å². The number of thiophene rings is 1. The minimum absolute atomic E-state index is 0.255. The molecule has 0 bridgehead atoms. The molecule has 2 heterocycles. The van der Waals surface area contributed by atoms with Gasteiger partial charge in [0.05, 0.1) is 4.92 Å². The zero-order valence-electron chi connectivity index (χ0n) is 11.2. The van der Waals surface area contributed by atoms with Crippen molar-refractivity contribution >= 4 is 43.0 Å². The number of halogens is 1. The van der Waals surface area contributed by atoms with Gasteiger partial charge in [-0.05, 0) is 35.6 Å². The summed E-state index contributed by atoms with van der Waals surface area (Å²) in [5.41, 5.74) is 0.566. The Hall–Kier alpha value is -1.29. The lowest BCUT2D eigenvalue weighted by molar-refractivity contribution is -0.387. The van der Waals surface area contributed by atoms with Crippen LogP contribution < -0.4 is 0 Å². The highest BCUT2D eigenvalue weighted by Gasteiger charge is 2.34. The number of fused-ring (bicyclic) bond motifs is 1. The first-order chi connectivity index (χ1) is 10.4. The number of nitro benzene ring substituents is 1. The molecule has 0 saturated carbocycles. The topological polar surface area (TPSA) is 80.5 Å². The van der Waals surface area contributed by atoms with Gasteiger partial charge >= 0.3 is 0 Å². The van der Waals surface area contributed by atoms with Gasteiger partial charge in [0.1, 0.15) is 0 Å². The Labute approximate surface area is 139 Å². The summed E-state index contributed by atoms with van der Waals surface area (Å²) >= 11 is 4.78. The Bertz CT molecular complexity index is 847. The number of nitro groups is 1. The normalized spacial score (nSPS) is 15.5. The Kier molecular flexibility index (Phi) is 4.06. The Balaban J connectivity index is 2.04. The fourth-order valence-corrected chi connectivity index (χ4v) is 5.42. The predicted molar refractivity (Wildman–Crippen MR) is 86.4 cm³/mol. The van der Waals surface area contributed by atoms with Crippen molar-refractivity contribution < 1.29 is 13.3 Å².